The van der Waals surface area contributed by atoms with E-state index in [4.69, 9.17) is 0 Å². The molecule has 0 aliphatic heterocycles. The highest BCUT2D eigenvalue weighted by Gasteiger charge is 2.32. The van der Waals surface area contributed by atoms with Crippen LogP contribution in [0, 0.1) is 5.92 Å². The van der Waals surface area contributed by atoms with Gasteiger partial charge in [0.25, 0.3) is 0 Å². The molecule has 4 heteroatoms. The quantitative estimate of drug-likeness (QED) is 0.904. The molecule has 0 spiro atoms. The lowest BCUT2D eigenvalue weighted by atomic mass is 9.78. The zero-order chi connectivity index (χ0) is 14.7. The molecule has 0 radical (unpaired) electrons. The predicted molar refractivity (Wildman–Crippen MR) is 85.2 cm³/mol. The number of nitrogens with zero attached hydrogens (tertiary/aromatic N) is 2. The first-order valence-electron chi connectivity index (χ1n) is 7.86. The van der Waals surface area contributed by atoms with E-state index in [0.717, 1.165) is 48.3 Å². The minimum absolute atomic E-state index is 0.560. The van der Waals surface area contributed by atoms with Gasteiger partial charge in [0.05, 0.1) is 11.1 Å². The fourth-order valence-electron chi connectivity index (χ4n) is 3.19. The van der Waals surface area contributed by atoms with Crippen molar-refractivity contribution in [1.82, 2.24) is 9.97 Å². The van der Waals surface area contributed by atoms with Gasteiger partial charge in [-0.2, -0.15) is 0 Å². The first kappa shape index (κ1) is 14.3. The van der Waals surface area contributed by atoms with Crippen molar-refractivity contribution >= 4 is 16.7 Å². The summed E-state index contributed by atoms with van der Waals surface area (Å²) >= 11 is 0. The van der Waals surface area contributed by atoms with Crippen LogP contribution < -0.4 is 5.32 Å². The molecule has 1 fully saturated rings. The van der Waals surface area contributed by atoms with E-state index in [0.29, 0.717) is 6.54 Å². The maximum absolute atomic E-state index is 10.7. The van der Waals surface area contributed by atoms with Crippen molar-refractivity contribution < 1.29 is 5.11 Å². The first-order valence-corrected chi connectivity index (χ1v) is 7.86. The highest BCUT2D eigenvalue weighted by molar-refractivity contribution is 5.88. The van der Waals surface area contributed by atoms with E-state index in [2.05, 4.69) is 22.2 Å². The highest BCUT2D eigenvalue weighted by Crippen LogP contribution is 2.34. The molecule has 1 heterocycles. The fourth-order valence-corrected chi connectivity index (χ4v) is 3.19. The fraction of sp³-hybridized carbons (Fsp3) is 0.529. The van der Waals surface area contributed by atoms with Crippen molar-refractivity contribution in [2.24, 2.45) is 5.92 Å². The molecule has 0 unspecified atom stereocenters. The molecule has 1 aromatic heterocycles. The Balaban J connectivity index is 1.69. The summed E-state index contributed by atoms with van der Waals surface area (Å²) in [6.45, 7) is 2.80. The number of benzene rings is 1. The summed E-state index contributed by atoms with van der Waals surface area (Å²) in [5.41, 5.74) is 0.328. The number of aliphatic hydroxyl groups is 1. The van der Waals surface area contributed by atoms with Crippen molar-refractivity contribution in [3.8, 4) is 0 Å². The van der Waals surface area contributed by atoms with E-state index >= 15 is 0 Å². The van der Waals surface area contributed by atoms with Gasteiger partial charge in [-0.15, -0.1) is 0 Å². The summed E-state index contributed by atoms with van der Waals surface area (Å²) in [6, 6.07) is 7.94. The molecule has 0 bridgehead atoms. The number of para-hydroxylation sites is 1. The van der Waals surface area contributed by atoms with Crippen LogP contribution >= 0.6 is 0 Å². The van der Waals surface area contributed by atoms with Gasteiger partial charge in [-0.05, 0) is 43.7 Å². The number of anilines is 1. The van der Waals surface area contributed by atoms with Crippen LogP contribution in [0.15, 0.2) is 30.6 Å². The molecule has 21 heavy (non-hydrogen) atoms. The number of hydrogen-bond acceptors (Lipinski definition) is 4. The summed E-state index contributed by atoms with van der Waals surface area (Å²) in [7, 11) is 0. The van der Waals surface area contributed by atoms with Crippen LogP contribution in [0.3, 0.4) is 0 Å². The minimum Gasteiger partial charge on any atom is -0.388 e. The largest absolute Gasteiger partial charge is 0.388 e. The number of rotatable bonds is 4. The molecule has 1 aliphatic rings. The SMILES string of the molecule is CCC1CCC(O)(CNc2ncnc3ccccc23)CC1. The van der Waals surface area contributed by atoms with Crippen molar-refractivity contribution in [3.05, 3.63) is 30.6 Å². The monoisotopic (exact) mass is 285 g/mol. The second-order valence-electron chi connectivity index (χ2n) is 6.17. The lowest BCUT2D eigenvalue weighted by molar-refractivity contribution is 0.00225. The topological polar surface area (TPSA) is 58.0 Å². The number of fused-ring (bicyclic) bond motifs is 1. The van der Waals surface area contributed by atoms with Crippen LogP contribution in [0.4, 0.5) is 5.82 Å². The van der Waals surface area contributed by atoms with Gasteiger partial charge in [-0.1, -0.05) is 25.5 Å². The minimum atomic E-state index is -0.599. The van der Waals surface area contributed by atoms with Gasteiger partial charge in [0.1, 0.15) is 12.1 Å². The van der Waals surface area contributed by atoms with Crippen molar-refractivity contribution in [2.45, 2.75) is 44.6 Å². The Labute approximate surface area is 125 Å². The number of hydrogen-bond donors (Lipinski definition) is 2. The van der Waals surface area contributed by atoms with Crippen molar-refractivity contribution in [2.75, 3.05) is 11.9 Å². The molecule has 4 nitrogen and oxygen atoms in total. The van der Waals surface area contributed by atoms with Crippen molar-refractivity contribution in [1.29, 1.82) is 0 Å². The van der Waals surface area contributed by atoms with Crippen LogP contribution in [0.2, 0.25) is 0 Å². The summed E-state index contributed by atoms with van der Waals surface area (Å²) in [5.74, 6) is 1.59. The Morgan fingerprint density at radius 1 is 1.24 bits per heavy atom. The summed E-state index contributed by atoms with van der Waals surface area (Å²) in [6.07, 6.45) is 6.80. The van der Waals surface area contributed by atoms with Gasteiger partial charge in [-0.25, -0.2) is 9.97 Å². The molecule has 0 amide bonds. The lowest BCUT2D eigenvalue weighted by Crippen LogP contribution is -2.40. The van der Waals surface area contributed by atoms with Crippen LogP contribution in [0.25, 0.3) is 10.9 Å². The van der Waals surface area contributed by atoms with Gasteiger partial charge in [0.15, 0.2) is 0 Å². The van der Waals surface area contributed by atoms with E-state index in [1.165, 1.54) is 6.42 Å². The molecule has 2 aromatic rings. The van der Waals surface area contributed by atoms with Gasteiger partial charge in [0.2, 0.25) is 0 Å². The Kier molecular flexibility index (Phi) is 4.06. The van der Waals surface area contributed by atoms with E-state index in [-0.39, 0.29) is 0 Å². The molecule has 1 aromatic carbocycles. The normalized spacial score (nSPS) is 25.9. The van der Waals surface area contributed by atoms with Gasteiger partial charge in [0, 0.05) is 11.9 Å². The third-order valence-electron chi connectivity index (χ3n) is 4.74. The van der Waals surface area contributed by atoms with E-state index < -0.39 is 5.60 Å². The maximum atomic E-state index is 10.7. The van der Waals surface area contributed by atoms with Crippen LogP contribution in [-0.2, 0) is 0 Å². The third kappa shape index (κ3) is 3.16. The Bertz CT molecular complexity index is 601. The Hall–Kier alpha value is -1.68. The zero-order valence-corrected chi connectivity index (χ0v) is 12.5. The van der Waals surface area contributed by atoms with E-state index in [9.17, 15) is 5.11 Å². The second-order valence-corrected chi connectivity index (χ2v) is 6.17. The molecule has 2 N–H and O–H groups in total. The Morgan fingerprint density at radius 3 is 2.76 bits per heavy atom. The van der Waals surface area contributed by atoms with Gasteiger partial charge >= 0.3 is 0 Å². The third-order valence-corrected chi connectivity index (χ3v) is 4.74. The molecule has 1 aliphatic carbocycles. The van der Waals surface area contributed by atoms with Crippen LogP contribution in [0.1, 0.15) is 39.0 Å². The summed E-state index contributed by atoms with van der Waals surface area (Å²) < 4.78 is 0. The first-order chi connectivity index (χ1) is 10.2. The van der Waals surface area contributed by atoms with E-state index in [1.54, 1.807) is 6.33 Å². The molecule has 0 saturated heterocycles. The molecular weight excluding hydrogens is 262 g/mol. The van der Waals surface area contributed by atoms with Crippen LogP contribution in [-0.4, -0.2) is 27.2 Å². The van der Waals surface area contributed by atoms with Crippen LogP contribution in [0.5, 0.6) is 0 Å². The molecule has 3 rings (SSSR count). The predicted octanol–water partition coefficient (Wildman–Crippen LogP) is 3.37. The second kappa shape index (κ2) is 5.98. The number of aromatic nitrogens is 2. The molecule has 1 saturated carbocycles. The zero-order valence-electron chi connectivity index (χ0n) is 12.5. The van der Waals surface area contributed by atoms with E-state index in [1.807, 2.05) is 24.3 Å². The lowest BCUT2D eigenvalue weighted by Gasteiger charge is -2.36. The maximum Gasteiger partial charge on any atom is 0.137 e. The van der Waals surface area contributed by atoms with Gasteiger partial charge in [-0.3, -0.25) is 0 Å². The highest BCUT2D eigenvalue weighted by atomic mass is 16.3. The molecule has 112 valence electrons. The van der Waals surface area contributed by atoms with Gasteiger partial charge < -0.3 is 10.4 Å². The number of nitrogens with one attached hydrogen (secondary N) is 1. The average Bonchev–Trinajstić information content (AvgIpc) is 2.54. The average molecular weight is 285 g/mol. The van der Waals surface area contributed by atoms with Crippen molar-refractivity contribution in [3.63, 3.8) is 0 Å². The Morgan fingerprint density at radius 2 is 2.00 bits per heavy atom. The summed E-state index contributed by atoms with van der Waals surface area (Å²) in [4.78, 5) is 8.58. The molecular formula is C17H23N3O. The smallest absolute Gasteiger partial charge is 0.137 e. The molecule has 0 atom stereocenters. The summed E-state index contributed by atoms with van der Waals surface area (Å²) in [5, 5.41) is 15.0. The standard InChI is InChI=1S/C17H23N3O/c1-2-13-7-9-17(21,10-8-13)11-18-16-14-5-3-4-6-15(14)19-12-20-16/h3-6,12-13,21H,2,7-11H2,1H3,(H,18,19,20).